The van der Waals surface area contributed by atoms with Crippen LogP contribution < -0.4 is 10.1 Å². The van der Waals surface area contributed by atoms with Gasteiger partial charge in [-0.1, -0.05) is 18.2 Å². The number of nitro benzene ring substituents is 1. The summed E-state index contributed by atoms with van der Waals surface area (Å²) in [6, 6.07) is 13.2. The monoisotopic (exact) mass is 404 g/mol. The molecule has 2 aromatic carbocycles. The van der Waals surface area contributed by atoms with Gasteiger partial charge in [0.1, 0.15) is 11.0 Å². The molecule has 148 valence electrons. The maximum Gasteiger partial charge on any atom is 0.319 e. The predicted molar refractivity (Wildman–Crippen MR) is 106 cm³/mol. The van der Waals surface area contributed by atoms with Gasteiger partial charge in [0.05, 0.1) is 23.8 Å². The summed E-state index contributed by atoms with van der Waals surface area (Å²) in [5.74, 6) is -0.960. The molecule has 9 heteroatoms. The number of carbonyl (C=O) groups is 2. The smallest absolute Gasteiger partial charge is 0.319 e. The molecule has 0 heterocycles. The standard InChI is InChI=1S/C19H20N2O6S/c1-12(27-19(23)13(2)28-15-7-5-4-6-8-15)18(22)20-16-10-9-14(21(24)25)11-17(16)26-3/h4-13H,1-3H3,(H,20,22)/t12-,13-/m0/s1. The van der Waals surface area contributed by atoms with E-state index < -0.39 is 28.2 Å². The van der Waals surface area contributed by atoms with E-state index in [4.69, 9.17) is 9.47 Å². The molecule has 0 fully saturated rings. The van der Waals surface area contributed by atoms with E-state index >= 15 is 0 Å². The van der Waals surface area contributed by atoms with Gasteiger partial charge in [-0.25, -0.2) is 0 Å². The van der Waals surface area contributed by atoms with E-state index in [0.29, 0.717) is 0 Å². The second-order valence-electron chi connectivity index (χ2n) is 5.78. The van der Waals surface area contributed by atoms with Crippen LogP contribution in [0.2, 0.25) is 0 Å². The first-order valence-corrected chi connectivity index (χ1v) is 9.25. The van der Waals surface area contributed by atoms with E-state index in [9.17, 15) is 19.7 Å². The first-order chi connectivity index (χ1) is 13.3. The third-order valence-electron chi connectivity index (χ3n) is 3.70. The number of carbonyl (C=O) groups excluding carboxylic acids is 2. The number of rotatable bonds is 8. The van der Waals surface area contributed by atoms with Gasteiger partial charge in [0.2, 0.25) is 0 Å². The van der Waals surface area contributed by atoms with Crippen LogP contribution in [0, 0.1) is 10.1 Å². The Labute approximate surface area is 166 Å². The van der Waals surface area contributed by atoms with Crippen molar-refractivity contribution in [2.24, 2.45) is 0 Å². The lowest BCUT2D eigenvalue weighted by atomic mass is 10.2. The SMILES string of the molecule is COc1cc([N+](=O)[O-])ccc1NC(=O)[C@H](C)OC(=O)[C@H](C)Sc1ccccc1. The predicted octanol–water partition coefficient (Wildman–Crippen LogP) is 3.65. The van der Waals surface area contributed by atoms with Crippen molar-refractivity contribution in [3.8, 4) is 5.75 Å². The number of methoxy groups -OCH3 is 1. The average molecular weight is 404 g/mol. The Morgan fingerprint density at radius 1 is 1.14 bits per heavy atom. The quantitative estimate of drug-likeness (QED) is 0.310. The molecule has 0 aromatic heterocycles. The van der Waals surface area contributed by atoms with E-state index in [1.165, 1.54) is 44.0 Å². The number of hydrogen-bond acceptors (Lipinski definition) is 7. The van der Waals surface area contributed by atoms with Crippen LogP contribution in [-0.2, 0) is 14.3 Å². The fraction of sp³-hybridized carbons (Fsp3) is 0.263. The van der Waals surface area contributed by atoms with Gasteiger partial charge in [-0.15, -0.1) is 11.8 Å². The molecule has 0 aliphatic heterocycles. The number of anilines is 1. The minimum Gasteiger partial charge on any atom is -0.494 e. The number of ether oxygens (including phenoxy) is 2. The lowest BCUT2D eigenvalue weighted by Crippen LogP contribution is -2.32. The fourth-order valence-electron chi connectivity index (χ4n) is 2.21. The van der Waals surface area contributed by atoms with Crippen molar-refractivity contribution in [1.82, 2.24) is 0 Å². The van der Waals surface area contributed by atoms with Crippen LogP contribution >= 0.6 is 11.8 Å². The minimum absolute atomic E-state index is 0.133. The molecule has 0 aliphatic carbocycles. The molecular formula is C19H20N2O6S. The molecule has 0 spiro atoms. The number of hydrogen-bond donors (Lipinski definition) is 1. The molecule has 2 aromatic rings. The highest BCUT2D eigenvalue weighted by Crippen LogP contribution is 2.29. The van der Waals surface area contributed by atoms with Gasteiger partial charge in [0, 0.05) is 11.0 Å². The van der Waals surface area contributed by atoms with Crippen molar-refractivity contribution < 1.29 is 24.0 Å². The lowest BCUT2D eigenvalue weighted by molar-refractivity contribution is -0.384. The van der Waals surface area contributed by atoms with E-state index in [1.807, 2.05) is 30.3 Å². The van der Waals surface area contributed by atoms with Crippen molar-refractivity contribution in [2.45, 2.75) is 30.1 Å². The number of nitro groups is 1. The number of esters is 1. The average Bonchev–Trinajstić information content (AvgIpc) is 2.68. The highest BCUT2D eigenvalue weighted by molar-refractivity contribution is 8.00. The first-order valence-electron chi connectivity index (χ1n) is 8.37. The normalized spacial score (nSPS) is 12.5. The van der Waals surface area contributed by atoms with Crippen molar-refractivity contribution in [1.29, 1.82) is 0 Å². The number of thioether (sulfide) groups is 1. The van der Waals surface area contributed by atoms with E-state index in [0.717, 1.165) is 4.90 Å². The van der Waals surface area contributed by atoms with Crippen molar-refractivity contribution in [3.05, 3.63) is 58.6 Å². The Bertz CT molecular complexity index is 859. The summed E-state index contributed by atoms with van der Waals surface area (Å²) in [4.78, 5) is 35.7. The van der Waals surface area contributed by atoms with Crippen LogP contribution in [0.5, 0.6) is 5.75 Å². The summed E-state index contributed by atoms with van der Waals surface area (Å²) in [5.41, 5.74) is 0.0776. The van der Waals surface area contributed by atoms with Gasteiger partial charge < -0.3 is 14.8 Å². The van der Waals surface area contributed by atoms with Crippen molar-refractivity contribution >= 4 is 35.0 Å². The second-order valence-corrected chi connectivity index (χ2v) is 7.20. The molecule has 0 bridgehead atoms. The summed E-state index contributed by atoms with van der Waals surface area (Å²) < 4.78 is 10.3. The highest BCUT2D eigenvalue weighted by Gasteiger charge is 2.24. The Morgan fingerprint density at radius 2 is 1.82 bits per heavy atom. The Hall–Kier alpha value is -3.07. The maximum atomic E-state index is 12.3. The molecule has 0 unspecified atom stereocenters. The molecule has 0 saturated heterocycles. The van der Waals surface area contributed by atoms with E-state index in [2.05, 4.69) is 5.32 Å². The first kappa shape index (κ1) is 21.2. The molecule has 0 radical (unpaired) electrons. The maximum absolute atomic E-state index is 12.3. The third-order valence-corrected chi connectivity index (χ3v) is 4.79. The lowest BCUT2D eigenvalue weighted by Gasteiger charge is -2.17. The minimum atomic E-state index is -1.05. The van der Waals surface area contributed by atoms with Gasteiger partial charge in [0.25, 0.3) is 11.6 Å². The zero-order chi connectivity index (χ0) is 20.7. The largest absolute Gasteiger partial charge is 0.494 e. The van der Waals surface area contributed by atoms with Crippen LogP contribution in [0.25, 0.3) is 0 Å². The van der Waals surface area contributed by atoms with E-state index in [-0.39, 0.29) is 17.1 Å². The highest BCUT2D eigenvalue weighted by atomic mass is 32.2. The van der Waals surface area contributed by atoms with Crippen LogP contribution in [0.1, 0.15) is 13.8 Å². The van der Waals surface area contributed by atoms with Crippen molar-refractivity contribution in [3.63, 3.8) is 0 Å². The molecular weight excluding hydrogens is 384 g/mol. The summed E-state index contributed by atoms with van der Waals surface area (Å²) in [5, 5.41) is 12.9. The van der Waals surface area contributed by atoms with Crippen LogP contribution in [0.15, 0.2) is 53.4 Å². The zero-order valence-electron chi connectivity index (χ0n) is 15.6. The molecule has 8 nitrogen and oxygen atoms in total. The van der Waals surface area contributed by atoms with Crippen LogP contribution in [-0.4, -0.2) is 35.3 Å². The summed E-state index contributed by atoms with van der Waals surface area (Å²) >= 11 is 1.33. The van der Waals surface area contributed by atoms with Gasteiger partial charge in [-0.05, 0) is 32.0 Å². The zero-order valence-corrected chi connectivity index (χ0v) is 16.4. The molecule has 2 atom stereocenters. The fourth-order valence-corrected chi connectivity index (χ4v) is 3.08. The number of nitrogens with zero attached hydrogens (tertiary/aromatic N) is 1. The van der Waals surface area contributed by atoms with Crippen molar-refractivity contribution in [2.75, 3.05) is 12.4 Å². The Kier molecular flexibility index (Phi) is 7.39. The Balaban J connectivity index is 1.97. The van der Waals surface area contributed by atoms with Gasteiger partial charge in [0.15, 0.2) is 6.10 Å². The number of non-ortho nitro benzene ring substituents is 1. The van der Waals surface area contributed by atoms with Gasteiger partial charge in [-0.2, -0.15) is 0 Å². The second kappa shape index (κ2) is 9.75. The number of benzene rings is 2. The van der Waals surface area contributed by atoms with Gasteiger partial charge >= 0.3 is 5.97 Å². The van der Waals surface area contributed by atoms with Crippen LogP contribution in [0.4, 0.5) is 11.4 Å². The molecule has 0 aliphatic rings. The van der Waals surface area contributed by atoms with E-state index in [1.54, 1.807) is 6.92 Å². The Morgan fingerprint density at radius 3 is 2.43 bits per heavy atom. The summed E-state index contributed by atoms with van der Waals surface area (Å²) in [6.07, 6.45) is -1.05. The topological polar surface area (TPSA) is 108 Å². The molecule has 1 amide bonds. The number of nitrogens with one attached hydrogen (secondary N) is 1. The summed E-state index contributed by atoms with van der Waals surface area (Å²) in [7, 11) is 1.33. The third kappa shape index (κ3) is 5.71. The van der Waals surface area contributed by atoms with Crippen LogP contribution in [0.3, 0.4) is 0 Å². The molecule has 1 N–H and O–H groups in total. The van der Waals surface area contributed by atoms with Gasteiger partial charge in [-0.3, -0.25) is 19.7 Å². The molecule has 28 heavy (non-hydrogen) atoms. The summed E-state index contributed by atoms with van der Waals surface area (Å²) in [6.45, 7) is 3.15. The number of amides is 1. The molecule has 2 rings (SSSR count). The molecule has 0 saturated carbocycles.